The van der Waals surface area contributed by atoms with Crippen LogP contribution in [0.4, 0.5) is 10.1 Å². The number of anilines is 1. The van der Waals surface area contributed by atoms with Gasteiger partial charge in [0.2, 0.25) is 11.8 Å². The lowest BCUT2D eigenvalue weighted by Crippen LogP contribution is -2.52. The third kappa shape index (κ3) is 6.95. The van der Waals surface area contributed by atoms with Gasteiger partial charge in [0.15, 0.2) is 0 Å². The Balaban J connectivity index is 2.02. The molecule has 0 fully saturated rings. The average Bonchev–Trinajstić information content (AvgIpc) is 2.87. The quantitative estimate of drug-likeness (QED) is 0.428. The van der Waals surface area contributed by atoms with Gasteiger partial charge >= 0.3 is 0 Å². The SMILES string of the molecule is Cc1ccc(CN(C(=O)CN(c2ccccc2F)S(=O)(=O)c2ccccc2)[C@H](C)C(=O)NC(C)C)cc1. The van der Waals surface area contributed by atoms with Gasteiger partial charge in [-0.05, 0) is 57.5 Å². The molecular formula is C28H32FN3O4S. The molecule has 0 bridgehead atoms. The third-order valence-corrected chi connectivity index (χ3v) is 7.58. The van der Waals surface area contributed by atoms with Gasteiger partial charge in [-0.1, -0.05) is 60.2 Å². The molecule has 0 aliphatic rings. The first-order chi connectivity index (χ1) is 17.5. The summed E-state index contributed by atoms with van der Waals surface area (Å²) >= 11 is 0. The van der Waals surface area contributed by atoms with E-state index in [0.717, 1.165) is 21.5 Å². The average molecular weight is 526 g/mol. The second-order valence-corrected chi connectivity index (χ2v) is 11.0. The Kier molecular flexibility index (Phi) is 9.04. The molecule has 9 heteroatoms. The number of amides is 2. The van der Waals surface area contributed by atoms with Gasteiger partial charge in [-0.15, -0.1) is 0 Å². The van der Waals surface area contributed by atoms with E-state index in [1.54, 1.807) is 25.1 Å². The zero-order valence-electron chi connectivity index (χ0n) is 21.4. The normalized spacial score (nSPS) is 12.2. The molecule has 0 aliphatic heterocycles. The molecule has 3 aromatic carbocycles. The molecule has 2 amide bonds. The highest BCUT2D eigenvalue weighted by molar-refractivity contribution is 7.92. The van der Waals surface area contributed by atoms with Gasteiger partial charge < -0.3 is 10.2 Å². The topological polar surface area (TPSA) is 86.8 Å². The van der Waals surface area contributed by atoms with E-state index < -0.39 is 34.3 Å². The smallest absolute Gasteiger partial charge is 0.264 e. The van der Waals surface area contributed by atoms with Crippen molar-refractivity contribution in [2.75, 3.05) is 10.8 Å². The van der Waals surface area contributed by atoms with E-state index in [2.05, 4.69) is 5.32 Å². The molecule has 0 radical (unpaired) electrons. The van der Waals surface area contributed by atoms with Gasteiger partial charge in [0.1, 0.15) is 18.4 Å². The lowest BCUT2D eigenvalue weighted by Gasteiger charge is -2.32. The van der Waals surface area contributed by atoms with Gasteiger partial charge in [-0.3, -0.25) is 13.9 Å². The first kappa shape index (κ1) is 27.9. The van der Waals surface area contributed by atoms with E-state index in [1.807, 2.05) is 45.0 Å². The Bertz CT molecular complexity index is 1330. The Hall–Kier alpha value is -3.72. The van der Waals surface area contributed by atoms with Gasteiger partial charge in [0.25, 0.3) is 10.0 Å². The molecule has 1 atom stereocenters. The van der Waals surface area contributed by atoms with Crippen LogP contribution in [0.2, 0.25) is 0 Å². The minimum Gasteiger partial charge on any atom is -0.352 e. The number of para-hydroxylation sites is 1. The van der Waals surface area contributed by atoms with Crippen LogP contribution in [0, 0.1) is 12.7 Å². The molecule has 0 aliphatic carbocycles. The van der Waals surface area contributed by atoms with Crippen LogP contribution in [0.25, 0.3) is 0 Å². The van der Waals surface area contributed by atoms with E-state index in [0.29, 0.717) is 0 Å². The molecule has 0 saturated heterocycles. The standard InChI is InChI=1S/C28H32FN3O4S/c1-20(2)30-28(34)22(4)31(18-23-16-14-21(3)15-17-23)27(33)19-32(26-13-9-8-12-25(26)29)37(35,36)24-10-6-5-7-11-24/h5-17,20,22H,18-19H2,1-4H3,(H,30,34)/t22-/m1/s1. The first-order valence-electron chi connectivity index (χ1n) is 12.0. The minimum absolute atomic E-state index is 0.0717. The van der Waals surface area contributed by atoms with Crippen molar-refractivity contribution in [3.63, 3.8) is 0 Å². The maximum Gasteiger partial charge on any atom is 0.264 e. The number of nitrogens with zero attached hydrogens (tertiary/aromatic N) is 2. The van der Waals surface area contributed by atoms with Crippen LogP contribution in [0.15, 0.2) is 83.8 Å². The predicted molar refractivity (Wildman–Crippen MR) is 142 cm³/mol. The molecule has 196 valence electrons. The van der Waals surface area contributed by atoms with Crippen molar-refractivity contribution in [1.82, 2.24) is 10.2 Å². The molecule has 37 heavy (non-hydrogen) atoms. The first-order valence-corrected chi connectivity index (χ1v) is 13.4. The van der Waals surface area contributed by atoms with Gasteiger partial charge in [-0.2, -0.15) is 0 Å². The van der Waals surface area contributed by atoms with Crippen molar-refractivity contribution in [3.8, 4) is 0 Å². The Morgan fingerprint density at radius 1 is 0.892 bits per heavy atom. The van der Waals surface area contributed by atoms with Gasteiger partial charge in [-0.25, -0.2) is 12.8 Å². The number of nitrogens with one attached hydrogen (secondary N) is 1. The molecule has 3 aromatic rings. The summed E-state index contributed by atoms with van der Waals surface area (Å²) in [6.45, 7) is 6.52. The van der Waals surface area contributed by atoms with Gasteiger partial charge in [0.05, 0.1) is 10.6 Å². The molecule has 0 unspecified atom stereocenters. The van der Waals surface area contributed by atoms with Crippen molar-refractivity contribution < 1.29 is 22.4 Å². The summed E-state index contributed by atoms with van der Waals surface area (Å²) in [4.78, 5) is 27.8. The fourth-order valence-corrected chi connectivity index (χ4v) is 5.21. The number of carbonyl (C=O) groups is 2. The van der Waals surface area contributed by atoms with Crippen molar-refractivity contribution in [2.45, 2.75) is 51.2 Å². The van der Waals surface area contributed by atoms with Gasteiger partial charge in [0, 0.05) is 12.6 Å². The van der Waals surface area contributed by atoms with Crippen molar-refractivity contribution >= 4 is 27.5 Å². The maximum atomic E-state index is 14.9. The zero-order chi connectivity index (χ0) is 27.2. The van der Waals surface area contributed by atoms with Crippen LogP contribution in [0.1, 0.15) is 31.9 Å². The van der Waals surface area contributed by atoms with E-state index in [-0.39, 0.29) is 29.1 Å². The summed E-state index contributed by atoms with van der Waals surface area (Å²) in [7, 11) is -4.30. The van der Waals surface area contributed by atoms with E-state index in [4.69, 9.17) is 0 Å². The Labute approximate surface area is 218 Å². The summed E-state index contributed by atoms with van der Waals surface area (Å²) < 4.78 is 42.8. The summed E-state index contributed by atoms with van der Waals surface area (Å²) in [6, 6.07) is 19.3. The molecule has 0 spiro atoms. The van der Waals surface area contributed by atoms with Crippen LogP contribution >= 0.6 is 0 Å². The number of carbonyl (C=O) groups excluding carboxylic acids is 2. The lowest BCUT2D eigenvalue weighted by atomic mass is 10.1. The number of halogens is 1. The van der Waals surface area contributed by atoms with Crippen LogP contribution in [-0.2, 0) is 26.2 Å². The zero-order valence-corrected chi connectivity index (χ0v) is 22.2. The van der Waals surface area contributed by atoms with Crippen LogP contribution in [0.5, 0.6) is 0 Å². The van der Waals surface area contributed by atoms with Crippen LogP contribution in [-0.4, -0.2) is 43.8 Å². The summed E-state index contributed by atoms with van der Waals surface area (Å²) in [5.41, 5.74) is 1.55. The lowest BCUT2D eigenvalue weighted by molar-refractivity contribution is -0.139. The number of aryl methyl sites for hydroxylation is 1. The molecule has 0 saturated carbocycles. The summed E-state index contributed by atoms with van der Waals surface area (Å²) in [6.07, 6.45) is 0. The second-order valence-electron chi connectivity index (χ2n) is 9.12. The van der Waals surface area contributed by atoms with E-state index >= 15 is 0 Å². The van der Waals surface area contributed by atoms with E-state index in [1.165, 1.54) is 35.2 Å². The number of sulfonamides is 1. The summed E-state index contributed by atoms with van der Waals surface area (Å²) in [5.74, 6) is -1.81. The van der Waals surface area contributed by atoms with Crippen molar-refractivity contribution in [2.24, 2.45) is 0 Å². The molecule has 1 N–H and O–H groups in total. The number of hydrogen-bond acceptors (Lipinski definition) is 4. The predicted octanol–water partition coefficient (Wildman–Crippen LogP) is 4.27. The molecule has 0 aromatic heterocycles. The van der Waals surface area contributed by atoms with Crippen LogP contribution in [0.3, 0.4) is 0 Å². The highest BCUT2D eigenvalue weighted by Gasteiger charge is 2.33. The Morgan fingerprint density at radius 3 is 2.08 bits per heavy atom. The molecule has 0 heterocycles. The fraction of sp³-hybridized carbons (Fsp3) is 0.286. The Morgan fingerprint density at radius 2 is 1.49 bits per heavy atom. The summed E-state index contributed by atoms with van der Waals surface area (Å²) in [5, 5.41) is 2.80. The van der Waals surface area contributed by atoms with Crippen LogP contribution < -0.4 is 9.62 Å². The second kappa shape index (κ2) is 12.0. The fourth-order valence-electron chi connectivity index (χ4n) is 3.76. The molecular weight excluding hydrogens is 493 g/mol. The molecule has 3 rings (SSSR count). The number of hydrogen-bond donors (Lipinski definition) is 1. The third-order valence-electron chi connectivity index (χ3n) is 5.80. The largest absolute Gasteiger partial charge is 0.352 e. The monoisotopic (exact) mass is 525 g/mol. The molecule has 7 nitrogen and oxygen atoms in total. The minimum atomic E-state index is -4.30. The number of rotatable bonds is 10. The maximum absolute atomic E-state index is 14.9. The number of benzene rings is 3. The highest BCUT2D eigenvalue weighted by atomic mass is 32.2. The highest BCUT2D eigenvalue weighted by Crippen LogP contribution is 2.26. The van der Waals surface area contributed by atoms with Crippen molar-refractivity contribution in [1.29, 1.82) is 0 Å². The van der Waals surface area contributed by atoms with E-state index in [9.17, 15) is 22.4 Å². The van der Waals surface area contributed by atoms with Crippen molar-refractivity contribution in [3.05, 3.63) is 95.8 Å².